The Balaban J connectivity index is 1.88. The van der Waals surface area contributed by atoms with E-state index in [0.29, 0.717) is 16.5 Å². The van der Waals surface area contributed by atoms with E-state index in [1.54, 1.807) is 7.11 Å². The number of rotatable bonds is 3. The summed E-state index contributed by atoms with van der Waals surface area (Å²) < 4.78 is 5.39. The van der Waals surface area contributed by atoms with E-state index in [0.717, 1.165) is 43.4 Å². The molecular formula is C21H25ClN2O2. The molecule has 138 valence electrons. The normalized spacial score (nSPS) is 17.5. The molecule has 1 heterocycles. The number of nitrogens with zero attached hydrogens (tertiary/aromatic N) is 1. The number of methoxy groups -OCH3 is 1. The second kappa shape index (κ2) is 8.45. The number of nitrogens with one attached hydrogen (secondary N) is 1. The Labute approximate surface area is 160 Å². The average Bonchev–Trinajstić information content (AvgIpc) is 2.88. The van der Waals surface area contributed by atoms with Crippen molar-refractivity contribution in [3.05, 3.63) is 58.6 Å². The number of amides is 2. The minimum Gasteiger partial charge on any atom is -0.495 e. The minimum absolute atomic E-state index is 0.0120. The molecule has 0 unspecified atom stereocenters. The van der Waals surface area contributed by atoms with Crippen LogP contribution in [0.5, 0.6) is 5.75 Å². The van der Waals surface area contributed by atoms with Crippen molar-refractivity contribution in [2.24, 2.45) is 0 Å². The lowest BCUT2D eigenvalue weighted by atomic mass is 10.0. The molecule has 26 heavy (non-hydrogen) atoms. The Bertz CT molecular complexity index is 778. The van der Waals surface area contributed by atoms with E-state index < -0.39 is 0 Å². The van der Waals surface area contributed by atoms with Crippen molar-refractivity contribution in [3.63, 3.8) is 0 Å². The highest BCUT2D eigenvalue weighted by atomic mass is 35.5. The molecule has 1 aliphatic rings. The number of hydrogen-bond acceptors (Lipinski definition) is 2. The molecule has 2 aromatic rings. The van der Waals surface area contributed by atoms with Gasteiger partial charge in [-0.2, -0.15) is 0 Å². The van der Waals surface area contributed by atoms with Crippen LogP contribution in [0.1, 0.15) is 42.9 Å². The van der Waals surface area contributed by atoms with Gasteiger partial charge in [0.15, 0.2) is 0 Å². The molecule has 2 amide bonds. The molecule has 0 aliphatic carbocycles. The van der Waals surface area contributed by atoms with Crippen LogP contribution in [0.2, 0.25) is 5.02 Å². The number of carbonyl (C=O) groups is 1. The summed E-state index contributed by atoms with van der Waals surface area (Å²) in [6.45, 7) is 2.71. The molecule has 0 radical (unpaired) electrons. The van der Waals surface area contributed by atoms with Gasteiger partial charge in [0.25, 0.3) is 0 Å². The summed E-state index contributed by atoms with van der Waals surface area (Å²) >= 11 is 6.43. The fourth-order valence-corrected chi connectivity index (χ4v) is 3.79. The van der Waals surface area contributed by atoms with Gasteiger partial charge < -0.3 is 15.0 Å². The average molecular weight is 373 g/mol. The van der Waals surface area contributed by atoms with Crippen LogP contribution in [-0.4, -0.2) is 24.6 Å². The van der Waals surface area contributed by atoms with Gasteiger partial charge in [0.2, 0.25) is 0 Å². The van der Waals surface area contributed by atoms with Crippen molar-refractivity contribution in [2.75, 3.05) is 19.0 Å². The molecule has 0 spiro atoms. The first-order valence-electron chi connectivity index (χ1n) is 9.07. The minimum atomic E-state index is -0.110. The summed E-state index contributed by atoms with van der Waals surface area (Å²) in [6.07, 6.45) is 4.13. The SMILES string of the molecule is COc1ccc(C)cc1NC(=O)N1CCCCC[C@H]1c1ccccc1Cl. The van der Waals surface area contributed by atoms with Crippen LogP contribution in [0.25, 0.3) is 0 Å². The number of anilines is 1. The lowest BCUT2D eigenvalue weighted by Gasteiger charge is -2.31. The molecule has 1 N–H and O–H groups in total. The van der Waals surface area contributed by atoms with E-state index in [1.807, 2.05) is 54.3 Å². The maximum atomic E-state index is 13.1. The third-order valence-electron chi connectivity index (χ3n) is 4.87. The lowest BCUT2D eigenvalue weighted by molar-refractivity contribution is 0.189. The molecular weight excluding hydrogens is 348 g/mol. The van der Waals surface area contributed by atoms with Crippen molar-refractivity contribution in [3.8, 4) is 5.75 Å². The number of hydrogen-bond donors (Lipinski definition) is 1. The molecule has 0 aromatic heterocycles. The highest BCUT2D eigenvalue weighted by Crippen LogP contribution is 2.35. The van der Waals surface area contributed by atoms with Gasteiger partial charge in [-0.1, -0.05) is 48.7 Å². The third-order valence-corrected chi connectivity index (χ3v) is 5.22. The predicted molar refractivity (Wildman–Crippen MR) is 106 cm³/mol. The second-order valence-corrected chi connectivity index (χ2v) is 7.12. The van der Waals surface area contributed by atoms with Crippen LogP contribution >= 0.6 is 11.6 Å². The molecule has 3 rings (SSSR count). The maximum absolute atomic E-state index is 13.1. The first-order valence-corrected chi connectivity index (χ1v) is 9.44. The van der Waals surface area contributed by atoms with E-state index >= 15 is 0 Å². The van der Waals surface area contributed by atoms with Gasteiger partial charge in [-0.05, 0) is 49.1 Å². The smallest absolute Gasteiger partial charge is 0.322 e. The Kier molecular flexibility index (Phi) is 6.04. The largest absolute Gasteiger partial charge is 0.495 e. The molecule has 2 aromatic carbocycles. The molecule has 0 saturated carbocycles. The maximum Gasteiger partial charge on any atom is 0.322 e. The Morgan fingerprint density at radius 1 is 1.19 bits per heavy atom. The number of carbonyl (C=O) groups excluding carboxylic acids is 1. The molecule has 1 atom stereocenters. The summed E-state index contributed by atoms with van der Waals surface area (Å²) in [6, 6.07) is 13.5. The van der Waals surface area contributed by atoms with Gasteiger partial charge >= 0.3 is 6.03 Å². The van der Waals surface area contributed by atoms with Crippen LogP contribution in [-0.2, 0) is 0 Å². The standard InChI is InChI=1S/C21H25ClN2O2/c1-15-11-12-20(26-2)18(14-15)23-21(25)24-13-7-3-4-10-19(24)16-8-5-6-9-17(16)22/h5-6,8-9,11-12,14,19H,3-4,7,10,13H2,1-2H3,(H,23,25)/t19-/m0/s1. The van der Waals surface area contributed by atoms with Crippen molar-refractivity contribution < 1.29 is 9.53 Å². The number of urea groups is 1. The highest BCUT2D eigenvalue weighted by Gasteiger charge is 2.28. The number of benzene rings is 2. The number of ether oxygens (including phenoxy) is 1. The van der Waals surface area contributed by atoms with E-state index in [1.165, 1.54) is 0 Å². The highest BCUT2D eigenvalue weighted by molar-refractivity contribution is 6.31. The van der Waals surface area contributed by atoms with Crippen molar-refractivity contribution in [1.82, 2.24) is 4.90 Å². The topological polar surface area (TPSA) is 41.6 Å². The fraction of sp³-hybridized carbons (Fsp3) is 0.381. The van der Waals surface area contributed by atoms with Crippen molar-refractivity contribution >= 4 is 23.3 Å². The zero-order valence-electron chi connectivity index (χ0n) is 15.3. The third kappa shape index (κ3) is 4.13. The van der Waals surface area contributed by atoms with Gasteiger partial charge in [-0.3, -0.25) is 0 Å². The van der Waals surface area contributed by atoms with Crippen LogP contribution in [0.15, 0.2) is 42.5 Å². The van der Waals surface area contributed by atoms with E-state index in [4.69, 9.17) is 16.3 Å². The summed E-state index contributed by atoms with van der Waals surface area (Å²) in [5.74, 6) is 0.660. The van der Waals surface area contributed by atoms with E-state index in [2.05, 4.69) is 5.32 Å². The lowest BCUT2D eigenvalue weighted by Crippen LogP contribution is -2.38. The van der Waals surface area contributed by atoms with Gasteiger partial charge in [-0.15, -0.1) is 0 Å². The van der Waals surface area contributed by atoms with Gasteiger partial charge in [0.1, 0.15) is 5.75 Å². The molecule has 1 saturated heterocycles. The molecule has 1 fully saturated rings. The summed E-state index contributed by atoms with van der Waals surface area (Å²) in [7, 11) is 1.61. The second-order valence-electron chi connectivity index (χ2n) is 6.71. The summed E-state index contributed by atoms with van der Waals surface area (Å²) in [5, 5.41) is 3.75. The number of halogens is 1. The van der Waals surface area contributed by atoms with Crippen LogP contribution in [0.3, 0.4) is 0 Å². The van der Waals surface area contributed by atoms with Crippen LogP contribution < -0.4 is 10.1 Å². The first kappa shape index (κ1) is 18.6. The zero-order chi connectivity index (χ0) is 18.5. The Hall–Kier alpha value is -2.20. The van der Waals surface area contributed by atoms with Gasteiger partial charge in [-0.25, -0.2) is 4.79 Å². The Morgan fingerprint density at radius 2 is 2.00 bits per heavy atom. The number of likely N-dealkylation sites (tertiary alicyclic amines) is 1. The molecule has 1 aliphatic heterocycles. The van der Waals surface area contributed by atoms with Gasteiger partial charge in [0.05, 0.1) is 18.8 Å². The molecule has 5 heteroatoms. The molecule has 4 nitrogen and oxygen atoms in total. The fourth-order valence-electron chi connectivity index (χ4n) is 3.53. The quantitative estimate of drug-likeness (QED) is 0.739. The van der Waals surface area contributed by atoms with Crippen LogP contribution in [0.4, 0.5) is 10.5 Å². The monoisotopic (exact) mass is 372 g/mol. The van der Waals surface area contributed by atoms with Crippen molar-refractivity contribution in [2.45, 2.75) is 38.6 Å². The van der Waals surface area contributed by atoms with E-state index in [-0.39, 0.29) is 12.1 Å². The van der Waals surface area contributed by atoms with Crippen molar-refractivity contribution in [1.29, 1.82) is 0 Å². The van der Waals surface area contributed by atoms with Crippen LogP contribution in [0, 0.1) is 6.92 Å². The zero-order valence-corrected chi connectivity index (χ0v) is 16.1. The Morgan fingerprint density at radius 3 is 2.77 bits per heavy atom. The first-order chi connectivity index (χ1) is 12.6. The summed E-state index contributed by atoms with van der Waals surface area (Å²) in [5.41, 5.74) is 2.78. The molecule has 0 bridgehead atoms. The van der Waals surface area contributed by atoms with E-state index in [9.17, 15) is 4.79 Å². The number of aryl methyl sites for hydroxylation is 1. The van der Waals surface area contributed by atoms with Gasteiger partial charge in [0, 0.05) is 11.6 Å². The predicted octanol–water partition coefficient (Wildman–Crippen LogP) is 5.81. The summed E-state index contributed by atoms with van der Waals surface area (Å²) in [4.78, 5) is 15.0.